The molecule has 3 rings (SSSR count). The summed E-state index contributed by atoms with van der Waals surface area (Å²) < 4.78 is 0. The van der Waals surface area contributed by atoms with E-state index in [1.54, 1.807) is 0 Å². The van der Waals surface area contributed by atoms with Crippen LogP contribution in [0, 0.1) is 0 Å². The van der Waals surface area contributed by atoms with Gasteiger partial charge >= 0.3 is 0 Å². The molecule has 0 aromatic carbocycles. The predicted octanol–water partition coefficient (Wildman–Crippen LogP) is 0.871. The van der Waals surface area contributed by atoms with Gasteiger partial charge in [-0.25, -0.2) is 0 Å². The topological polar surface area (TPSA) is 44.3 Å². The quantitative estimate of drug-likeness (QED) is 0.871. The molecule has 2 saturated heterocycles. The molecule has 1 N–H and O–H groups in total. The fraction of sp³-hybridized carbons (Fsp3) is 0.714. The fourth-order valence-electron chi connectivity index (χ4n) is 3.15. The first-order chi connectivity index (χ1) is 9.36. The van der Waals surface area contributed by atoms with E-state index < -0.39 is 0 Å². The maximum Gasteiger partial charge on any atom is 0.151 e. The second-order valence-corrected chi connectivity index (χ2v) is 5.54. The molecule has 0 saturated carbocycles. The van der Waals surface area contributed by atoms with Crippen LogP contribution >= 0.6 is 0 Å². The van der Waals surface area contributed by atoms with Crippen LogP contribution in [0.25, 0.3) is 0 Å². The van der Waals surface area contributed by atoms with Gasteiger partial charge in [-0.2, -0.15) is 5.10 Å². The summed E-state index contributed by atoms with van der Waals surface area (Å²) in [4.78, 5) is 5.02. The Hall–Kier alpha value is -1.20. The van der Waals surface area contributed by atoms with Gasteiger partial charge in [-0.3, -0.25) is 4.90 Å². The molecule has 0 spiro atoms. The normalized spacial score (nSPS) is 24.3. The largest absolute Gasteiger partial charge is 0.354 e. The molecule has 2 aliphatic rings. The minimum Gasteiger partial charge on any atom is -0.354 e. The van der Waals surface area contributed by atoms with E-state index in [1.807, 2.05) is 7.05 Å². The predicted molar refractivity (Wildman–Crippen MR) is 76.2 cm³/mol. The van der Waals surface area contributed by atoms with E-state index in [9.17, 15) is 0 Å². The van der Waals surface area contributed by atoms with E-state index in [4.69, 9.17) is 0 Å². The van der Waals surface area contributed by atoms with E-state index in [1.165, 1.54) is 32.4 Å². The summed E-state index contributed by atoms with van der Waals surface area (Å²) in [6.07, 6.45) is 4.00. The summed E-state index contributed by atoms with van der Waals surface area (Å²) in [6, 6.07) is 4.90. The molecule has 1 unspecified atom stereocenters. The first-order valence-corrected chi connectivity index (χ1v) is 7.33. The van der Waals surface area contributed by atoms with E-state index in [2.05, 4.69) is 37.4 Å². The van der Waals surface area contributed by atoms with Crippen LogP contribution in [0.2, 0.25) is 0 Å². The summed E-state index contributed by atoms with van der Waals surface area (Å²) >= 11 is 0. The number of rotatable bonds is 4. The molecule has 1 atom stereocenters. The molecule has 2 aliphatic heterocycles. The van der Waals surface area contributed by atoms with Gasteiger partial charge in [0.2, 0.25) is 0 Å². The standard InChI is InChI=1S/C14H23N5/c1-15-10-12-4-5-14(17-16-12)19-9-6-13(11-19)18-7-2-3-8-18/h4-5,13,15H,2-3,6-11H2,1H3. The van der Waals surface area contributed by atoms with E-state index >= 15 is 0 Å². The molecule has 1 aromatic rings. The van der Waals surface area contributed by atoms with Crippen molar-refractivity contribution in [2.45, 2.75) is 31.8 Å². The molecule has 1 aromatic heterocycles. The molecule has 5 nitrogen and oxygen atoms in total. The van der Waals surface area contributed by atoms with Gasteiger partial charge in [-0.05, 0) is 51.5 Å². The first-order valence-electron chi connectivity index (χ1n) is 7.33. The molecule has 0 amide bonds. The molecular formula is C14H23N5. The Labute approximate surface area is 115 Å². The van der Waals surface area contributed by atoms with Gasteiger partial charge < -0.3 is 10.2 Å². The molecular weight excluding hydrogens is 238 g/mol. The summed E-state index contributed by atoms with van der Waals surface area (Å²) in [6.45, 7) is 5.57. The van der Waals surface area contributed by atoms with E-state index in [0.29, 0.717) is 0 Å². The van der Waals surface area contributed by atoms with Crippen molar-refractivity contribution in [2.24, 2.45) is 0 Å². The van der Waals surface area contributed by atoms with Gasteiger partial charge in [-0.1, -0.05) is 0 Å². The minimum absolute atomic E-state index is 0.723. The zero-order chi connectivity index (χ0) is 13.1. The number of hydrogen-bond acceptors (Lipinski definition) is 5. The van der Waals surface area contributed by atoms with Crippen molar-refractivity contribution in [3.05, 3.63) is 17.8 Å². The fourth-order valence-corrected chi connectivity index (χ4v) is 3.15. The first kappa shape index (κ1) is 12.8. The van der Waals surface area contributed by atoms with Crippen LogP contribution < -0.4 is 10.2 Å². The van der Waals surface area contributed by atoms with Gasteiger partial charge in [0.15, 0.2) is 5.82 Å². The number of nitrogens with one attached hydrogen (secondary N) is 1. The second kappa shape index (κ2) is 5.84. The number of hydrogen-bond donors (Lipinski definition) is 1. The number of anilines is 1. The van der Waals surface area contributed by atoms with Crippen LogP contribution in [0.4, 0.5) is 5.82 Å². The molecule has 2 fully saturated rings. The molecule has 0 bridgehead atoms. The maximum absolute atomic E-state index is 4.36. The van der Waals surface area contributed by atoms with Crippen LogP contribution in [-0.4, -0.2) is 54.4 Å². The highest BCUT2D eigenvalue weighted by Gasteiger charge is 2.29. The Bertz CT molecular complexity index is 399. The Balaban J connectivity index is 1.60. The van der Waals surface area contributed by atoms with E-state index in [-0.39, 0.29) is 0 Å². The molecule has 3 heterocycles. The Morgan fingerprint density at radius 2 is 2.05 bits per heavy atom. The Morgan fingerprint density at radius 1 is 1.21 bits per heavy atom. The summed E-state index contributed by atoms with van der Waals surface area (Å²) in [5.74, 6) is 1.03. The highest BCUT2D eigenvalue weighted by Crippen LogP contribution is 2.23. The molecule has 104 valence electrons. The zero-order valence-electron chi connectivity index (χ0n) is 11.7. The zero-order valence-corrected chi connectivity index (χ0v) is 11.7. The van der Waals surface area contributed by atoms with Crippen molar-refractivity contribution in [1.29, 1.82) is 0 Å². The van der Waals surface area contributed by atoms with Crippen LogP contribution in [0.15, 0.2) is 12.1 Å². The lowest BCUT2D eigenvalue weighted by Gasteiger charge is -2.23. The van der Waals surface area contributed by atoms with Gasteiger partial charge in [0, 0.05) is 25.7 Å². The lowest BCUT2D eigenvalue weighted by Crippen LogP contribution is -2.35. The van der Waals surface area contributed by atoms with Crippen LogP contribution in [0.5, 0.6) is 0 Å². The monoisotopic (exact) mass is 261 g/mol. The van der Waals surface area contributed by atoms with Crippen molar-refractivity contribution in [3.63, 3.8) is 0 Å². The van der Waals surface area contributed by atoms with Crippen LogP contribution in [0.1, 0.15) is 25.0 Å². The summed E-state index contributed by atoms with van der Waals surface area (Å²) in [5.41, 5.74) is 1.00. The SMILES string of the molecule is CNCc1ccc(N2CCC(N3CCCC3)C2)nn1. The summed E-state index contributed by atoms with van der Waals surface area (Å²) in [7, 11) is 1.93. The average molecular weight is 261 g/mol. The highest BCUT2D eigenvalue weighted by atomic mass is 15.3. The minimum atomic E-state index is 0.723. The third kappa shape index (κ3) is 2.87. The molecule has 5 heteroatoms. The number of aromatic nitrogens is 2. The smallest absolute Gasteiger partial charge is 0.151 e. The van der Waals surface area contributed by atoms with Gasteiger partial charge in [-0.15, -0.1) is 5.10 Å². The van der Waals surface area contributed by atoms with Gasteiger partial charge in [0.05, 0.1) is 5.69 Å². The number of nitrogens with zero attached hydrogens (tertiary/aromatic N) is 4. The van der Waals surface area contributed by atoms with Crippen molar-refractivity contribution in [2.75, 3.05) is 38.1 Å². The Morgan fingerprint density at radius 3 is 2.74 bits per heavy atom. The number of likely N-dealkylation sites (tertiary alicyclic amines) is 1. The van der Waals surface area contributed by atoms with Crippen molar-refractivity contribution in [3.8, 4) is 0 Å². The van der Waals surface area contributed by atoms with Gasteiger partial charge in [0.25, 0.3) is 0 Å². The van der Waals surface area contributed by atoms with Crippen LogP contribution in [-0.2, 0) is 6.54 Å². The van der Waals surface area contributed by atoms with Gasteiger partial charge in [0.1, 0.15) is 0 Å². The molecule has 0 aliphatic carbocycles. The third-order valence-corrected chi connectivity index (χ3v) is 4.21. The van der Waals surface area contributed by atoms with Crippen molar-refractivity contribution < 1.29 is 0 Å². The second-order valence-electron chi connectivity index (χ2n) is 5.54. The Kier molecular flexibility index (Phi) is 3.94. The van der Waals surface area contributed by atoms with Crippen LogP contribution in [0.3, 0.4) is 0 Å². The third-order valence-electron chi connectivity index (χ3n) is 4.21. The lowest BCUT2D eigenvalue weighted by atomic mass is 10.2. The van der Waals surface area contributed by atoms with Crippen molar-refractivity contribution >= 4 is 5.82 Å². The molecule has 19 heavy (non-hydrogen) atoms. The average Bonchev–Trinajstić information content (AvgIpc) is 3.11. The molecule has 0 radical (unpaired) electrons. The maximum atomic E-state index is 4.36. The van der Waals surface area contributed by atoms with E-state index in [0.717, 1.165) is 37.2 Å². The highest BCUT2D eigenvalue weighted by molar-refractivity contribution is 5.39. The summed E-state index contributed by atoms with van der Waals surface area (Å²) in [5, 5.41) is 11.7. The lowest BCUT2D eigenvalue weighted by molar-refractivity contribution is 0.260. The van der Waals surface area contributed by atoms with Crippen molar-refractivity contribution in [1.82, 2.24) is 20.4 Å².